The first-order chi connectivity index (χ1) is 10.4. The van der Waals surface area contributed by atoms with Gasteiger partial charge in [0.25, 0.3) is 10.2 Å². The Morgan fingerprint density at radius 1 is 1.09 bits per heavy atom. The lowest BCUT2D eigenvalue weighted by Gasteiger charge is -2.33. The average molecular weight is 333 g/mol. The molecule has 0 bridgehead atoms. The summed E-state index contributed by atoms with van der Waals surface area (Å²) in [7, 11) is 0.791. The number of hydrogen-bond donors (Lipinski definition) is 2. The van der Waals surface area contributed by atoms with Crippen LogP contribution in [-0.2, 0) is 15.0 Å². The van der Waals surface area contributed by atoms with Gasteiger partial charge >= 0.3 is 0 Å². The Kier molecular flexibility index (Phi) is 6.19. The summed E-state index contributed by atoms with van der Waals surface area (Å²) >= 11 is 0. The van der Waals surface area contributed by atoms with Crippen LogP contribution >= 0.6 is 0 Å². The SMILES string of the molecule is C[NH+](C)CCNC(=O)C1CCN(S(=O)(=O)N2CCCC2)CC1. The minimum absolute atomic E-state index is 0.0535. The molecule has 2 fully saturated rings. The van der Waals surface area contributed by atoms with E-state index >= 15 is 0 Å². The summed E-state index contributed by atoms with van der Waals surface area (Å²) < 4.78 is 28.0. The number of amides is 1. The first-order valence-corrected chi connectivity index (χ1v) is 9.63. The molecule has 0 spiro atoms. The molecular weight excluding hydrogens is 304 g/mol. The van der Waals surface area contributed by atoms with E-state index < -0.39 is 10.2 Å². The molecule has 0 aromatic heterocycles. The second kappa shape index (κ2) is 7.72. The first-order valence-electron chi connectivity index (χ1n) is 8.23. The van der Waals surface area contributed by atoms with E-state index in [1.54, 1.807) is 8.61 Å². The molecule has 2 aliphatic heterocycles. The van der Waals surface area contributed by atoms with E-state index in [2.05, 4.69) is 5.32 Å². The van der Waals surface area contributed by atoms with E-state index in [1.807, 2.05) is 14.1 Å². The quantitative estimate of drug-likeness (QED) is 0.608. The summed E-state index contributed by atoms with van der Waals surface area (Å²) in [6.07, 6.45) is 3.14. The van der Waals surface area contributed by atoms with Gasteiger partial charge < -0.3 is 10.2 Å². The van der Waals surface area contributed by atoms with E-state index in [9.17, 15) is 13.2 Å². The Hall–Kier alpha value is -0.700. The minimum Gasteiger partial charge on any atom is -0.350 e. The molecule has 2 rings (SSSR count). The molecule has 0 aromatic carbocycles. The molecule has 2 saturated heterocycles. The van der Waals surface area contributed by atoms with Crippen molar-refractivity contribution in [1.82, 2.24) is 13.9 Å². The zero-order valence-electron chi connectivity index (χ0n) is 13.7. The highest BCUT2D eigenvalue weighted by molar-refractivity contribution is 7.86. The third kappa shape index (κ3) is 4.41. The van der Waals surface area contributed by atoms with Gasteiger partial charge in [0, 0.05) is 32.1 Å². The zero-order valence-corrected chi connectivity index (χ0v) is 14.5. The molecule has 0 atom stereocenters. The van der Waals surface area contributed by atoms with E-state index in [4.69, 9.17) is 0 Å². The number of quaternary nitrogens is 1. The summed E-state index contributed by atoms with van der Waals surface area (Å²) in [4.78, 5) is 13.4. The third-order valence-electron chi connectivity index (χ3n) is 4.47. The highest BCUT2D eigenvalue weighted by Gasteiger charge is 2.35. The highest BCUT2D eigenvalue weighted by atomic mass is 32.2. The lowest BCUT2D eigenvalue weighted by Crippen LogP contribution is -3.06. The second-order valence-electron chi connectivity index (χ2n) is 6.54. The van der Waals surface area contributed by atoms with Gasteiger partial charge in [0.05, 0.1) is 27.2 Å². The first kappa shape index (κ1) is 17.7. The maximum Gasteiger partial charge on any atom is 0.281 e. The van der Waals surface area contributed by atoms with Crippen LogP contribution in [0, 0.1) is 5.92 Å². The van der Waals surface area contributed by atoms with Gasteiger partial charge in [-0.05, 0) is 25.7 Å². The van der Waals surface area contributed by atoms with Crippen LogP contribution in [0.3, 0.4) is 0 Å². The van der Waals surface area contributed by atoms with Crippen molar-refractivity contribution in [1.29, 1.82) is 0 Å². The molecule has 2 N–H and O–H groups in total. The van der Waals surface area contributed by atoms with Gasteiger partial charge in [-0.1, -0.05) is 0 Å². The number of piperidine rings is 1. The predicted molar refractivity (Wildman–Crippen MR) is 84.7 cm³/mol. The molecule has 2 aliphatic rings. The van der Waals surface area contributed by atoms with Crippen molar-refractivity contribution >= 4 is 16.1 Å². The molecule has 1 amide bonds. The number of nitrogens with one attached hydrogen (secondary N) is 2. The van der Waals surface area contributed by atoms with Gasteiger partial charge in [0.1, 0.15) is 0 Å². The number of carbonyl (C=O) groups is 1. The Morgan fingerprint density at radius 2 is 1.64 bits per heavy atom. The van der Waals surface area contributed by atoms with Crippen molar-refractivity contribution in [3.8, 4) is 0 Å². The summed E-state index contributed by atoms with van der Waals surface area (Å²) in [6.45, 7) is 3.75. The number of carbonyl (C=O) groups excluding carboxylic acids is 1. The van der Waals surface area contributed by atoms with E-state index in [-0.39, 0.29) is 11.8 Å². The second-order valence-corrected chi connectivity index (χ2v) is 8.46. The maximum atomic E-state index is 12.5. The maximum absolute atomic E-state index is 12.5. The van der Waals surface area contributed by atoms with Gasteiger partial charge in [0.2, 0.25) is 5.91 Å². The zero-order chi connectivity index (χ0) is 16.2. The van der Waals surface area contributed by atoms with Crippen LogP contribution in [-0.4, -0.2) is 76.3 Å². The molecule has 2 heterocycles. The van der Waals surface area contributed by atoms with Crippen molar-refractivity contribution in [3.05, 3.63) is 0 Å². The molecule has 8 heteroatoms. The smallest absolute Gasteiger partial charge is 0.281 e. The fourth-order valence-corrected chi connectivity index (χ4v) is 4.73. The minimum atomic E-state index is -3.31. The fraction of sp³-hybridized carbons (Fsp3) is 0.929. The Labute approximate surface area is 133 Å². The number of hydrogen-bond acceptors (Lipinski definition) is 3. The number of rotatable bonds is 6. The van der Waals surface area contributed by atoms with Gasteiger partial charge in [-0.2, -0.15) is 17.0 Å². The number of nitrogens with zero attached hydrogens (tertiary/aromatic N) is 2. The Bertz CT molecular complexity index is 466. The van der Waals surface area contributed by atoms with Crippen molar-refractivity contribution < 1.29 is 18.1 Å². The number of likely N-dealkylation sites (N-methyl/N-ethyl adjacent to an activating group) is 1. The average Bonchev–Trinajstić information content (AvgIpc) is 3.02. The summed E-state index contributed by atoms with van der Waals surface area (Å²) in [6, 6.07) is 0. The van der Waals surface area contributed by atoms with Crippen LogP contribution < -0.4 is 10.2 Å². The fourth-order valence-electron chi connectivity index (χ4n) is 3.01. The monoisotopic (exact) mass is 333 g/mol. The topological polar surface area (TPSA) is 74.2 Å². The summed E-state index contributed by atoms with van der Waals surface area (Å²) in [5, 5.41) is 2.95. The van der Waals surface area contributed by atoms with Crippen LogP contribution in [0.1, 0.15) is 25.7 Å². The molecule has 128 valence electrons. The van der Waals surface area contributed by atoms with Crippen molar-refractivity contribution in [2.24, 2.45) is 5.92 Å². The summed E-state index contributed by atoms with van der Waals surface area (Å²) in [5.41, 5.74) is 0. The Morgan fingerprint density at radius 3 is 2.18 bits per heavy atom. The van der Waals surface area contributed by atoms with Gasteiger partial charge in [-0.25, -0.2) is 0 Å². The lowest BCUT2D eigenvalue weighted by molar-refractivity contribution is -0.856. The van der Waals surface area contributed by atoms with E-state index in [0.29, 0.717) is 45.6 Å². The largest absolute Gasteiger partial charge is 0.350 e. The lowest BCUT2D eigenvalue weighted by atomic mass is 9.97. The standard InChI is InChI=1S/C14H28N4O3S/c1-16(2)12-7-15-14(19)13-5-10-18(11-6-13)22(20,21)17-8-3-4-9-17/h13H,3-12H2,1-2H3,(H,15,19)/p+1. The molecule has 0 radical (unpaired) electrons. The van der Waals surface area contributed by atoms with Crippen LogP contribution in [0.15, 0.2) is 0 Å². The van der Waals surface area contributed by atoms with Crippen LogP contribution in [0.4, 0.5) is 0 Å². The van der Waals surface area contributed by atoms with Crippen LogP contribution in [0.25, 0.3) is 0 Å². The normalized spacial score (nSPS) is 22.3. The third-order valence-corrected chi connectivity index (χ3v) is 6.50. The highest BCUT2D eigenvalue weighted by Crippen LogP contribution is 2.23. The molecule has 0 aromatic rings. The molecular formula is C14H29N4O3S+. The van der Waals surface area contributed by atoms with Crippen molar-refractivity contribution in [3.63, 3.8) is 0 Å². The molecule has 0 saturated carbocycles. The molecule has 0 unspecified atom stereocenters. The Balaban J connectivity index is 1.78. The van der Waals surface area contributed by atoms with Crippen LogP contribution in [0.5, 0.6) is 0 Å². The van der Waals surface area contributed by atoms with Crippen LogP contribution in [0.2, 0.25) is 0 Å². The summed E-state index contributed by atoms with van der Waals surface area (Å²) in [5.74, 6) is 0.0154. The van der Waals surface area contributed by atoms with E-state index in [0.717, 1.165) is 19.4 Å². The van der Waals surface area contributed by atoms with Crippen molar-refractivity contribution in [2.75, 3.05) is 53.4 Å². The molecule has 7 nitrogen and oxygen atoms in total. The predicted octanol–water partition coefficient (Wildman–Crippen LogP) is -1.70. The van der Waals surface area contributed by atoms with Gasteiger partial charge in [-0.15, -0.1) is 0 Å². The van der Waals surface area contributed by atoms with Gasteiger partial charge in [0.15, 0.2) is 0 Å². The van der Waals surface area contributed by atoms with Crippen molar-refractivity contribution in [2.45, 2.75) is 25.7 Å². The molecule has 22 heavy (non-hydrogen) atoms. The molecule has 0 aliphatic carbocycles. The van der Waals surface area contributed by atoms with E-state index in [1.165, 1.54) is 4.90 Å². The van der Waals surface area contributed by atoms with Gasteiger partial charge in [-0.3, -0.25) is 4.79 Å².